The van der Waals surface area contributed by atoms with Crippen molar-refractivity contribution >= 4 is 23.7 Å². The number of rotatable bonds is 3. The second kappa shape index (κ2) is 5.17. The highest BCUT2D eigenvalue weighted by atomic mass is 16.6. The molecule has 2 aromatic rings. The maximum Gasteiger partial charge on any atom is 0.326 e. The summed E-state index contributed by atoms with van der Waals surface area (Å²) in [6.07, 6.45) is 1.38. The van der Waals surface area contributed by atoms with E-state index in [1.165, 1.54) is 18.2 Å². The molecule has 1 aromatic carbocycles. The molecule has 1 aliphatic heterocycles. The van der Waals surface area contributed by atoms with Gasteiger partial charge in [0.05, 0.1) is 4.92 Å². The molecule has 1 saturated heterocycles. The first-order chi connectivity index (χ1) is 10.5. The molecule has 0 radical (unpaired) electrons. The molecular formula is C14H9N3O5. The quantitative estimate of drug-likeness (QED) is 0.389. The molecule has 0 bridgehead atoms. The van der Waals surface area contributed by atoms with E-state index in [-0.39, 0.29) is 11.4 Å². The fraction of sp³-hybridized carbons (Fsp3) is 0. The molecule has 1 aromatic heterocycles. The van der Waals surface area contributed by atoms with Gasteiger partial charge in [0.25, 0.3) is 11.6 Å². The summed E-state index contributed by atoms with van der Waals surface area (Å²) < 4.78 is 5.52. The van der Waals surface area contributed by atoms with Crippen LogP contribution in [0, 0.1) is 10.1 Å². The van der Waals surface area contributed by atoms with Crippen LogP contribution in [0.3, 0.4) is 0 Å². The lowest BCUT2D eigenvalue weighted by molar-refractivity contribution is -0.384. The number of urea groups is 1. The minimum atomic E-state index is -0.596. The van der Waals surface area contributed by atoms with Gasteiger partial charge in [-0.3, -0.25) is 20.2 Å². The molecule has 8 nitrogen and oxygen atoms in total. The van der Waals surface area contributed by atoms with Gasteiger partial charge in [0.1, 0.15) is 17.2 Å². The van der Waals surface area contributed by atoms with Crippen molar-refractivity contribution in [3.63, 3.8) is 0 Å². The lowest BCUT2D eigenvalue weighted by Gasteiger charge is -1.97. The van der Waals surface area contributed by atoms with Crippen LogP contribution in [-0.4, -0.2) is 16.9 Å². The third kappa shape index (κ3) is 2.57. The van der Waals surface area contributed by atoms with Crippen molar-refractivity contribution in [3.05, 3.63) is 58.0 Å². The van der Waals surface area contributed by atoms with Crippen molar-refractivity contribution in [2.75, 3.05) is 0 Å². The average Bonchev–Trinajstić information content (AvgIpc) is 3.06. The maximum atomic E-state index is 11.4. The minimum absolute atomic E-state index is 0.0451. The van der Waals surface area contributed by atoms with E-state index in [0.29, 0.717) is 17.1 Å². The third-order valence-corrected chi connectivity index (χ3v) is 2.97. The Morgan fingerprint density at radius 3 is 2.64 bits per heavy atom. The number of nitro benzene ring substituents is 1. The Hall–Kier alpha value is -3.42. The van der Waals surface area contributed by atoms with Crippen molar-refractivity contribution in [2.24, 2.45) is 0 Å². The van der Waals surface area contributed by atoms with Crippen molar-refractivity contribution in [2.45, 2.75) is 0 Å². The normalized spacial score (nSPS) is 15.7. The van der Waals surface area contributed by atoms with Crippen LogP contribution in [0.4, 0.5) is 10.5 Å². The Balaban J connectivity index is 1.90. The molecule has 2 heterocycles. The molecule has 3 amide bonds. The number of carbonyl (C=O) groups excluding carboxylic acids is 2. The molecule has 2 N–H and O–H groups in total. The molecule has 1 fully saturated rings. The predicted octanol–water partition coefficient (Wildman–Crippen LogP) is 2.04. The SMILES string of the molecule is O=C1NC(=O)/C(=C\c2ccc(-c3cccc([N+](=O)[O-])c3)o2)N1. The van der Waals surface area contributed by atoms with Crippen LogP contribution in [-0.2, 0) is 4.79 Å². The summed E-state index contributed by atoms with van der Waals surface area (Å²) in [5.74, 6) is 0.215. The third-order valence-electron chi connectivity index (χ3n) is 2.97. The van der Waals surface area contributed by atoms with Gasteiger partial charge in [-0.1, -0.05) is 12.1 Å². The number of benzene rings is 1. The average molecular weight is 299 g/mol. The zero-order chi connectivity index (χ0) is 15.7. The van der Waals surface area contributed by atoms with Gasteiger partial charge in [-0.05, 0) is 12.1 Å². The van der Waals surface area contributed by atoms with E-state index in [4.69, 9.17) is 4.42 Å². The largest absolute Gasteiger partial charge is 0.457 e. The van der Waals surface area contributed by atoms with E-state index < -0.39 is 16.9 Å². The summed E-state index contributed by atoms with van der Waals surface area (Å²) >= 11 is 0. The van der Waals surface area contributed by atoms with E-state index in [1.807, 2.05) is 0 Å². The Kier molecular flexibility index (Phi) is 3.18. The molecule has 22 heavy (non-hydrogen) atoms. The lowest BCUT2D eigenvalue weighted by atomic mass is 10.1. The van der Waals surface area contributed by atoms with Crippen LogP contribution >= 0.6 is 0 Å². The maximum absolute atomic E-state index is 11.4. The molecule has 8 heteroatoms. The standard InChI is InChI=1S/C14H9N3O5/c18-13-11(15-14(19)16-13)7-10-4-5-12(22-10)8-2-1-3-9(6-8)17(20)21/h1-7H,(H2,15,16,18,19)/b11-7+. The first-order valence-electron chi connectivity index (χ1n) is 6.21. The molecule has 1 aliphatic rings. The first kappa shape index (κ1) is 13.6. The molecular weight excluding hydrogens is 290 g/mol. The second-order valence-electron chi connectivity index (χ2n) is 4.48. The zero-order valence-electron chi connectivity index (χ0n) is 11.0. The van der Waals surface area contributed by atoms with Crippen molar-refractivity contribution in [3.8, 4) is 11.3 Å². The number of hydrogen-bond acceptors (Lipinski definition) is 5. The van der Waals surface area contributed by atoms with Crippen molar-refractivity contribution in [1.29, 1.82) is 0 Å². The van der Waals surface area contributed by atoms with E-state index in [2.05, 4.69) is 10.6 Å². The summed E-state index contributed by atoms with van der Waals surface area (Å²) in [6.45, 7) is 0. The van der Waals surface area contributed by atoms with Gasteiger partial charge in [0.15, 0.2) is 0 Å². The number of hydrogen-bond donors (Lipinski definition) is 2. The molecule has 0 spiro atoms. The van der Waals surface area contributed by atoms with E-state index in [1.54, 1.807) is 24.3 Å². The fourth-order valence-corrected chi connectivity index (χ4v) is 1.98. The zero-order valence-corrected chi connectivity index (χ0v) is 11.0. The van der Waals surface area contributed by atoms with Gasteiger partial charge < -0.3 is 9.73 Å². The van der Waals surface area contributed by atoms with Gasteiger partial charge >= 0.3 is 6.03 Å². The van der Waals surface area contributed by atoms with Crippen LogP contribution in [0.2, 0.25) is 0 Å². The predicted molar refractivity (Wildman–Crippen MR) is 75.4 cm³/mol. The highest BCUT2D eigenvalue weighted by Crippen LogP contribution is 2.26. The van der Waals surface area contributed by atoms with Gasteiger partial charge in [-0.15, -0.1) is 0 Å². The topological polar surface area (TPSA) is 114 Å². The van der Waals surface area contributed by atoms with Crippen LogP contribution in [0.5, 0.6) is 0 Å². The monoisotopic (exact) mass is 299 g/mol. The fourth-order valence-electron chi connectivity index (χ4n) is 1.98. The molecule has 110 valence electrons. The minimum Gasteiger partial charge on any atom is -0.457 e. The van der Waals surface area contributed by atoms with Gasteiger partial charge in [0.2, 0.25) is 0 Å². The Morgan fingerprint density at radius 2 is 1.95 bits per heavy atom. The number of non-ortho nitro benzene ring substituents is 1. The summed E-state index contributed by atoms with van der Waals surface area (Å²) in [7, 11) is 0. The Morgan fingerprint density at radius 1 is 1.14 bits per heavy atom. The summed E-state index contributed by atoms with van der Waals surface area (Å²) in [4.78, 5) is 32.7. The Labute approximate surface area is 123 Å². The molecule has 0 saturated carbocycles. The molecule has 0 atom stereocenters. The lowest BCUT2D eigenvalue weighted by Crippen LogP contribution is -2.22. The van der Waals surface area contributed by atoms with E-state index >= 15 is 0 Å². The van der Waals surface area contributed by atoms with Crippen LogP contribution in [0.15, 0.2) is 46.5 Å². The highest BCUT2D eigenvalue weighted by Gasteiger charge is 2.23. The van der Waals surface area contributed by atoms with E-state index in [0.717, 1.165) is 0 Å². The van der Waals surface area contributed by atoms with Gasteiger partial charge in [0, 0.05) is 23.8 Å². The van der Waals surface area contributed by atoms with Gasteiger partial charge in [-0.25, -0.2) is 4.79 Å². The number of nitro groups is 1. The number of imide groups is 1. The number of nitrogens with zero attached hydrogens (tertiary/aromatic N) is 1. The first-order valence-corrected chi connectivity index (χ1v) is 6.21. The van der Waals surface area contributed by atoms with Crippen LogP contribution < -0.4 is 10.6 Å². The molecule has 0 unspecified atom stereocenters. The van der Waals surface area contributed by atoms with Crippen molar-refractivity contribution in [1.82, 2.24) is 10.6 Å². The number of carbonyl (C=O) groups is 2. The molecule has 3 rings (SSSR count). The van der Waals surface area contributed by atoms with Crippen molar-refractivity contribution < 1.29 is 18.9 Å². The van der Waals surface area contributed by atoms with Gasteiger partial charge in [-0.2, -0.15) is 0 Å². The smallest absolute Gasteiger partial charge is 0.326 e. The highest BCUT2D eigenvalue weighted by molar-refractivity contribution is 6.13. The number of furan rings is 1. The summed E-state index contributed by atoms with van der Waals surface area (Å²) in [5, 5.41) is 15.2. The van der Waals surface area contributed by atoms with Crippen LogP contribution in [0.1, 0.15) is 5.76 Å². The number of nitrogens with one attached hydrogen (secondary N) is 2. The number of amides is 3. The molecule has 0 aliphatic carbocycles. The van der Waals surface area contributed by atoms with E-state index in [9.17, 15) is 19.7 Å². The second-order valence-corrected chi connectivity index (χ2v) is 4.48. The summed E-state index contributed by atoms with van der Waals surface area (Å²) in [5.41, 5.74) is 0.569. The van der Waals surface area contributed by atoms with Crippen LogP contribution in [0.25, 0.3) is 17.4 Å². The Bertz CT molecular complexity index is 821. The summed E-state index contributed by atoms with van der Waals surface area (Å²) in [6, 6.07) is 8.62.